The lowest BCUT2D eigenvalue weighted by atomic mass is 9.86. The van der Waals surface area contributed by atoms with E-state index in [0.717, 1.165) is 30.7 Å². The number of carbonyl (C=O) groups excluding carboxylic acids is 1. The monoisotopic (exact) mass is 511 g/mol. The molecule has 5 nitrogen and oxygen atoms in total. The van der Waals surface area contributed by atoms with E-state index < -0.39 is 0 Å². The topological polar surface area (TPSA) is 36.0 Å². The van der Waals surface area contributed by atoms with Crippen LogP contribution >= 0.6 is 0 Å². The fourth-order valence-corrected chi connectivity index (χ4v) is 6.80. The van der Waals surface area contributed by atoms with Crippen molar-refractivity contribution < 1.29 is 18.3 Å². The third-order valence-electron chi connectivity index (χ3n) is 8.55. The van der Waals surface area contributed by atoms with Crippen LogP contribution in [-0.4, -0.2) is 72.7 Å². The summed E-state index contributed by atoms with van der Waals surface area (Å²) in [7, 11) is 0. The molecule has 37 heavy (non-hydrogen) atoms. The van der Waals surface area contributed by atoms with Gasteiger partial charge in [0, 0.05) is 62.5 Å². The second-order valence-electron chi connectivity index (χ2n) is 11.4. The molecule has 3 saturated heterocycles. The van der Waals surface area contributed by atoms with Crippen LogP contribution in [0.25, 0.3) is 0 Å². The van der Waals surface area contributed by atoms with Gasteiger partial charge in [0.05, 0.1) is 12.0 Å². The molecule has 3 heterocycles. The van der Waals surface area contributed by atoms with E-state index in [1.807, 2.05) is 24.0 Å². The smallest absolute Gasteiger partial charge is 0.227 e. The molecule has 3 fully saturated rings. The van der Waals surface area contributed by atoms with Crippen LogP contribution in [0.4, 0.5) is 14.5 Å². The predicted octanol–water partition coefficient (Wildman–Crippen LogP) is 4.98. The number of benzene rings is 2. The van der Waals surface area contributed by atoms with Gasteiger partial charge in [-0.2, -0.15) is 0 Å². The molecule has 2 aromatic rings. The molecule has 3 aliphatic rings. The number of likely N-dealkylation sites (tertiary alicyclic amines) is 1. The summed E-state index contributed by atoms with van der Waals surface area (Å²) < 4.78 is 34.5. The third-order valence-corrected chi connectivity index (χ3v) is 8.55. The van der Waals surface area contributed by atoms with Gasteiger partial charge in [-0.05, 0) is 82.0 Å². The minimum absolute atomic E-state index is 0.0848. The van der Waals surface area contributed by atoms with Crippen molar-refractivity contribution in [2.75, 3.05) is 37.7 Å². The molecule has 200 valence electrons. The van der Waals surface area contributed by atoms with Gasteiger partial charge in [0.1, 0.15) is 11.6 Å². The number of amides is 1. The first kappa shape index (κ1) is 26.1. The van der Waals surface area contributed by atoms with E-state index in [1.54, 1.807) is 18.2 Å². The Morgan fingerprint density at radius 3 is 2.30 bits per heavy atom. The molecule has 0 aliphatic carbocycles. The van der Waals surface area contributed by atoms with Crippen molar-refractivity contribution in [1.82, 2.24) is 9.80 Å². The summed E-state index contributed by atoms with van der Waals surface area (Å²) in [5.41, 5.74) is 2.50. The molecule has 0 saturated carbocycles. The largest absolute Gasteiger partial charge is 0.378 e. The van der Waals surface area contributed by atoms with Crippen LogP contribution in [0.3, 0.4) is 0 Å². The Balaban J connectivity index is 1.37. The number of nitrogens with zero attached hydrogens (tertiary/aromatic N) is 3. The summed E-state index contributed by atoms with van der Waals surface area (Å²) >= 11 is 0. The van der Waals surface area contributed by atoms with Crippen molar-refractivity contribution in [2.24, 2.45) is 5.92 Å². The summed E-state index contributed by atoms with van der Waals surface area (Å²) in [4.78, 5) is 20.8. The normalized spacial score (nSPS) is 31.1. The Bertz CT molecular complexity index is 1100. The van der Waals surface area contributed by atoms with Crippen LogP contribution in [0.5, 0.6) is 0 Å². The second-order valence-corrected chi connectivity index (χ2v) is 11.4. The molecule has 0 N–H and O–H groups in total. The van der Waals surface area contributed by atoms with Gasteiger partial charge in [0.15, 0.2) is 0 Å². The van der Waals surface area contributed by atoms with Gasteiger partial charge in [0.2, 0.25) is 5.91 Å². The van der Waals surface area contributed by atoms with Crippen molar-refractivity contribution in [3.8, 4) is 0 Å². The highest BCUT2D eigenvalue weighted by molar-refractivity contribution is 5.81. The molecule has 0 radical (unpaired) electrons. The molecule has 7 heteroatoms. The van der Waals surface area contributed by atoms with E-state index in [4.69, 9.17) is 4.74 Å². The first-order chi connectivity index (χ1) is 17.7. The quantitative estimate of drug-likeness (QED) is 0.580. The number of aryl methyl sites for hydroxylation is 1. The van der Waals surface area contributed by atoms with Gasteiger partial charge in [-0.3, -0.25) is 9.69 Å². The summed E-state index contributed by atoms with van der Waals surface area (Å²) in [6.07, 6.45) is 2.08. The van der Waals surface area contributed by atoms with Crippen molar-refractivity contribution in [3.63, 3.8) is 0 Å². The van der Waals surface area contributed by atoms with E-state index in [-0.39, 0.29) is 47.6 Å². The van der Waals surface area contributed by atoms with E-state index >= 15 is 4.39 Å². The number of anilines is 1. The van der Waals surface area contributed by atoms with Gasteiger partial charge < -0.3 is 14.5 Å². The fourth-order valence-electron chi connectivity index (χ4n) is 6.80. The maximum Gasteiger partial charge on any atom is 0.227 e. The Kier molecular flexibility index (Phi) is 7.55. The number of rotatable bonds is 4. The SMILES string of the molecule is Cc1ccc([C@@H]2CN([C@@H]3CCO[C@H](C)C3)CC2C(=O)N2C[C@@H](C)N(c3ccc(F)cc3)[C@@H](C)C2)c(F)c1. The summed E-state index contributed by atoms with van der Waals surface area (Å²) in [6.45, 7) is 11.5. The number of hydrogen-bond acceptors (Lipinski definition) is 4. The number of piperazine rings is 1. The van der Waals surface area contributed by atoms with Crippen molar-refractivity contribution in [3.05, 3.63) is 65.2 Å². The van der Waals surface area contributed by atoms with Crippen molar-refractivity contribution >= 4 is 11.6 Å². The Hall–Kier alpha value is -2.51. The number of halogens is 2. The van der Waals surface area contributed by atoms with E-state index in [1.165, 1.54) is 12.1 Å². The fraction of sp³-hybridized carbons (Fsp3) is 0.567. The third kappa shape index (κ3) is 5.39. The van der Waals surface area contributed by atoms with Crippen LogP contribution < -0.4 is 4.90 Å². The van der Waals surface area contributed by atoms with Crippen molar-refractivity contribution in [1.29, 1.82) is 0 Å². The number of ether oxygens (including phenoxy) is 1. The summed E-state index contributed by atoms with van der Waals surface area (Å²) in [6, 6.07) is 12.5. The Labute approximate surface area is 219 Å². The number of carbonyl (C=O) groups is 1. The summed E-state index contributed by atoms with van der Waals surface area (Å²) in [5.74, 6) is -0.811. The lowest BCUT2D eigenvalue weighted by Crippen LogP contribution is -2.59. The molecule has 0 spiro atoms. The Morgan fingerprint density at radius 2 is 1.65 bits per heavy atom. The molecule has 2 aromatic carbocycles. The van der Waals surface area contributed by atoms with Gasteiger partial charge in [-0.1, -0.05) is 12.1 Å². The highest BCUT2D eigenvalue weighted by Gasteiger charge is 2.45. The van der Waals surface area contributed by atoms with Crippen LogP contribution in [0.1, 0.15) is 50.7 Å². The second kappa shape index (κ2) is 10.7. The zero-order chi connectivity index (χ0) is 26.3. The zero-order valence-electron chi connectivity index (χ0n) is 22.4. The van der Waals surface area contributed by atoms with E-state index in [0.29, 0.717) is 37.8 Å². The molecule has 6 atom stereocenters. The molecule has 0 aromatic heterocycles. The summed E-state index contributed by atoms with van der Waals surface area (Å²) in [5, 5.41) is 0. The average Bonchev–Trinajstić information content (AvgIpc) is 3.29. The van der Waals surface area contributed by atoms with Gasteiger partial charge in [0.25, 0.3) is 0 Å². The highest BCUT2D eigenvalue weighted by atomic mass is 19.1. The maximum absolute atomic E-state index is 15.2. The molecule has 1 amide bonds. The van der Waals surface area contributed by atoms with Gasteiger partial charge in [-0.15, -0.1) is 0 Å². The van der Waals surface area contributed by atoms with Crippen molar-refractivity contribution in [2.45, 2.75) is 70.7 Å². The standard InChI is InChI=1S/C30H39F2N3O2/c1-19-5-10-26(29(32)13-19)27-17-33(25-11-12-37-22(4)14-25)18-28(27)30(36)34-15-20(2)35(21(3)16-34)24-8-6-23(31)7-9-24/h5-10,13,20-22,25,27-28H,11-12,14-18H2,1-4H3/t20-,21+,22-,25-,27+,28?/m1/s1. The minimum atomic E-state index is -0.285. The zero-order valence-corrected chi connectivity index (χ0v) is 22.4. The van der Waals surface area contributed by atoms with Crippen LogP contribution in [-0.2, 0) is 9.53 Å². The lowest BCUT2D eigenvalue weighted by molar-refractivity contribution is -0.137. The van der Waals surface area contributed by atoms with Gasteiger partial charge in [-0.25, -0.2) is 8.78 Å². The van der Waals surface area contributed by atoms with E-state index in [9.17, 15) is 9.18 Å². The number of hydrogen-bond donors (Lipinski definition) is 0. The maximum atomic E-state index is 15.2. The molecular formula is C30H39F2N3O2. The molecule has 3 aliphatic heterocycles. The molecule has 0 bridgehead atoms. The van der Waals surface area contributed by atoms with Crippen LogP contribution in [0.15, 0.2) is 42.5 Å². The van der Waals surface area contributed by atoms with Gasteiger partial charge >= 0.3 is 0 Å². The minimum Gasteiger partial charge on any atom is -0.378 e. The van der Waals surface area contributed by atoms with E-state index in [2.05, 4.69) is 30.6 Å². The first-order valence-corrected chi connectivity index (χ1v) is 13.7. The lowest BCUT2D eigenvalue weighted by Gasteiger charge is -2.46. The highest BCUT2D eigenvalue weighted by Crippen LogP contribution is 2.39. The van der Waals surface area contributed by atoms with Crippen LogP contribution in [0, 0.1) is 24.5 Å². The molecular weight excluding hydrogens is 472 g/mol. The molecule has 1 unspecified atom stereocenters. The van der Waals surface area contributed by atoms with Crippen LogP contribution in [0.2, 0.25) is 0 Å². The predicted molar refractivity (Wildman–Crippen MR) is 142 cm³/mol. The Morgan fingerprint density at radius 1 is 0.946 bits per heavy atom. The molecule has 5 rings (SSSR count). The average molecular weight is 512 g/mol. The first-order valence-electron chi connectivity index (χ1n) is 13.7.